The Hall–Kier alpha value is -2.73. The summed E-state index contributed by atoms with van der Waals surface area (Å²) in [7, 11) is 0. The number of carbonyl (C=O) groups excluding carboxylic acids is 2. The van der Waals surface area contributed by atoms with Crippen molar-refractivity contribution in [2.45, 2.75) is 45.1 Å². The fraction of sp³-hybridized carbons (Fsp3) is 0.391. The first-order valence-electron chi connectivity index (χ1n) is 9.91. The molecule has 0 aromatic heterocycles. The first-order valence-corrected chi connectivity index (χ1v) is 9.91. The minimum absolute atomic E-state index is 0.0648. The SMILES string of the molecule is CC(C)(C)Cc1ccc2c(c1)C1(CNC(C(=O)Nc3ccc(F)cc3)C1)C(=O)N2. The van der Waals surface area contributed by atoms with Crippen LogP contribution in [-0.4, -0.2) is 24.4 Å². The maximum Gasteiger partial charge on any atom is 0.241 e. The summed E-state index contributed by atoms with van der Waals surface area (Å²) in [6, 6.07) is 11.3. The van der Waals surface area contributed by atoms with Gasteiger partial charge < -0.3 is 16.0 Å². The van der Waals surface area contributed by atoms with E-state index in [0.717, 1.165) is 17.7 Å². The Morgan fingerprint density at radius 1 is 1.21 bits per heavy atom. The summed E-state index contributed by atoms with van der Waals surface area (Å²) in [5, 5.41) is 9.00. The number of hydrogen-bond donors (Lipinski definition) is 3. The fourth-order valence-electron chi connectivity index (χ4n) is 4.30. The lowest BCUT2D eigenvalue weighted by Gasteiger charge is -2.23. The van der Waals surface area contributed by atoms with Crippen LogP contribution in [0.1, 0.15) is 38.3 Å². The van der Waals surface area contributed by atoms with Crippen molar-refractivity contribution in [3.8, 4) is 0 Å². The molecule has 0 saturated carbocycles. The van der Waals surface area contributed by atoms with Gasteiger partial charge >= 0.3 is 0 Å². The van der Waals surface area contributed by atoms with Gasteiger partial charge in [0.05, 0.1) is 11.5 Å². The van der Waals surface area contributed by atoms with E-state index in [4.69, 9.17) is 0 Å². The molecule has 0 aliphatic carbocycles. The van der Waals surface area contributed by atoms with Crippen LogP contribution in [0, 0.1) is 11.2 Å². The van der Waals surface area contributed by atoms with Gasteiger partial charge in [-0.15, -0.1) is 0 Å². The number of benzene rings is 2. The Balaban J connectivity index is 1.55. The molecule has 2 aliphatic heterocycles. The van der Waals surface area contributed by atoms with E-state index in [0.29, 0.717) is 18.7 Å². The zero-order valence-electron chi connectivity index (χ0n) is 16.9. The Labute approximate surface area is 170 Å². The van der Waals surface area contributed by atoms with Crippen molar-refractivity contribution in [3.05, 3.63) is 59.4 Å². The summed E-state index contributed by atoms with van der Waals surface area (Å²) in [5.41, 5.74) is 2.91. The number of amides is 2. The highest BCUT2D eigenvalue weighted by Gasteiger charge is 2.53. The summed E-state index contributed by atoms with van der Waals surface area (Å²) in [6.07, 6.45) is 1.30. The van der Waals surface area contributed by atoms with Crippen molar-refractivity contribution in [1.29, 1.82) is 0 Å². The lowest BCUT2D eigenvalue weighted by Crippen LogP contribution is -2.36. The van der Waals surface area contributed by atoms with Crippen LogP contribution in [0.25, 0.3) is 0 Å². The van der Waals surface area contributed by atoms with Crippen molar-refractivity contribution in [2.24, 2.45) is 5.41 Å². The monoisotopic (exact) mass is 395 g/mol. The largest absolute Gasteiger partial charge is 0.325 e. The second-order valence-corrected chi connectivity index (χ2v) is 9.29. The van der Waals surface area contributed by atoms with E-state index in [1.54, 1.807) is 0 Å². The van der Waals surface area contributed by atoms with Gasteiger partial charge in [-0.05, 0) is 59.7 Å². The van der Waals surface area contributed by atoms with E-state index in [9.17, 15) is 14.0 Å². The number of nitrogens with one attached hydrogen (secondary N) is 3. The highest BCUT2D eigenvalue weighted by molar-refractivity contribution is 6.08. The van der Waals surface area contributed by atoms with Crippen molar-refractivity contribution < 1.29 is 14.0 Å². The van der Waals surface area contributed by atoms with Gasteiger partial charge in [0.15, 0.2) is 0 Å². The third-order valence-corrected chi connectivity index (χ3v) is 5.65. The van der Waals surface area contributed by atoms with Gasteiger partial charge in [0.2, 0.25) is 11.8 Å². The van der Waals surface area contributed by atoms with Gasteiger partial charge in [0.1, 0.15) is 5.82 Å². The van der Waals surface area contributed by atoms with Crippen LogP contribution < -0.4 is 16.0 Å². The fourth-order valence-corrected chi connectivity index (χ4v) is 4.30. The van der Waals surface area contributed by atoms with Gasteiger partial charge in [-0.2, -0.15) is 0 Å². The standard InChI is InChI=1S/C23H26FN3O2/c1-22(2,3)11-14-4-9-18-17(10-14)23(21(29)27-18)12-19(25-13-23)20(28)26-16-7-5-15(24)6-8-16/h4-10,19,25H,11-13H2,1-3H3,(H,26,28)(H,27,29). The summed E-state index contributed by atoms with van der Waals surface area (Å²) < 4.78 is 13.1. The van der Waals surface area contributed by atoms with Crippen LogP contribution >= 0.6 is 0 Å². The van der Waals surface area contributed by atoms with Crippen LogP contribution in [0.5, 0.6) is 0 Å². The number of carbonyl (C=O) groups is 2. The minimum Gasteiger partial charge on any atom is -0.325 e. The maximum atomic E-state index is 13.1. The molecule has 5 nitrogen and oxygen atoms in total. The van der Waals surface area contributed by atoms with Crippen molar-refractivity contribution in [3.63, 3.8) is 0 Å². The first kappa shape index (κ1) is 19.6. The zero-order valence-corrected chi connectivity index (χ0v) is 16.9. The van der Waals surface area contributed by atoms with Crippen LogP contribution in [-0.2, 0) is 21.4 Å². The minimum atomic E-state index is -0.742. The summed E-state index contributed by atoms with van der Waals surface area (Å²) >= 11 is 0. The molecule has 2 amide bonds. The van der Waals surface area contributed by atoms with E-state index in [2.05, 4.69) is 48.9 Å². The predicted molar refractivity (Wildman–Crippen MR) is 111 cm³/mol. The quantitative estimate of drug-likeness (QED) is 0.744. The molecule has 2 aliphatic rings. The number of anilines is 2. The molecule has 2 atom stereocenters. The van der Waals surface area contributed by atoms with E-state index in [1.165, 1.54) is 29.8 Å². The molecule has 6 heteroatoms. The van der Waals surface area contributed by atoms with Crippen molar-refractivity contribution in [2.75, 3.05) is 17.2 Å². The number of halogens is 1. The summed E-state index contributed by atoms with van der Waals surface area (Å²) in [5.74, 6) is -0.642. The molecule has 0 bridgehead atoms. The number of rotatable bonds is 3. The Morgan fingerprint density at radius 3 is 2.62 bits per heavy atom. The van der Waals surface area contributed by atoms with Crippen molar-refractivity contribution >= 4 is 23.2 Å². The molecule has 3 N–H and O–H groups in total. The van der Waals surface area contributed by atoms with Gasteiger partial charge in [-0.3, -0.25) is 9.59 Å². The molecule has 2 aromatic rings. The molecule has 0 radical (unpaired) electrons. The van der Waals surface area contributed by atoms with Crippen LogP contribution in [0.4, 0.5) is 15.8 Å². The molecule has 29 heavy (non-hydrogen) atoms. The lowest BCUT2D eigenvalue weighted by molar-refractivity contribution is -0.120. The van der Waals surface area contributed by atoms with Gasteiger partial charge in [-0.25, -0.2) is 4.39 Å². The van der Waals surface area contributed by atoms with Gasteiger partial charge in [-0.1, -0.05) is 32.9 Å². The smallest absolute Gasteiger partial charge is 0.241 e. The third-order valence-electron chi connectivity index (χ3n) is 5.65. The molecule has 2 aromatic carbocycles. The Bertz CT molecular complexity index is 965. The molecule has 152 valence electrons. The van der Waals surface area contributed by atoms with Crippen LogP contribution in [0.3, 0.4) is 0 Å². The molecule has 4 rings (SSSR count). The van der Waals surface area contributed by atoms with E-state index < -0.39 is 11.5 Å². The molecule has 2 heterocycles. The summed E-state index contributed by atoms with van der Waals surface area (Å²) in [6.45, 7) is 6.97. The zero-order chi connectivity index (χ0) is 20.8. The van der Waals surface area contributed by atoms with Gasteiger partial charge in [0, 0.05) is 17.9 Å². The second-order valence-electron chi connectivity index (χ2n) is 9.29. The predicted octanol–water partition coefficient (Wildman–Crippen LogP) is 3.60. The van der Waals surface area contributed by atoms with Crippen molar-refractivity contribution in [1.82, 2.24) is 5.32 Å². The van der Waals surface area contributed by atoms with Crippen LogP contribution in [0.2, 0.25) is 0 Å². The molecular formula is C23H26FN3O2. The van der Waals surface area contributed by atoms with E-state index >= 15 is 0 Å². The highest BCUT2D eigenvalue weighted by atomic mass is 19.1. The molecule has 1 saturated heterocycles. The molecule has 1 spiro atoms. The second kappa shape index (κ2) is 6.95. The first-order chi connectivity index (χ1) is 13.7. The normalized spacial score (nSPS) is 23.2. The van der Waals surface area contributed by atoms with E-state index in [-0.39, 0.29) is 23.0 Å². The third kappa shape index (κ3) is 3.77. The highest BCUT2D eigenvalue weighted by Crippen LogP contribution is 2.44. The van der Waals surface area contributed by atoms with E-state index in [1.807, 2.05) is 6.07 Å². The van der Waals surface area contributed by atoms with Gasteiger partial charge in [0.25, 0.3) is 0 Å². The summed E-state index contributed by atoms with van der Waals surface area (Å²) in [4.78, 5) is 25.6. The number of fused-ring (bicyclic) bond motifs is 2. The average Bonchev–Trinajstić information content (AvgIpc) is 3.20. The Kier molecular flexibility index (Phi) is 4.69. The molecule has 1 fully saturated rings. The maximum absolute atomic E-state index is 13.1. The lowest BCUT2D eigenvalue weighted by atomic mass is 9.78. The number of hydrogen-bond acceptors (Lipinski definition) is 3. The molecule has 2 unspecified atom stereocenters. The molecular weight excluding hydrogens is 369 g/mol. The average molecular weight is 395 g/mol. The van der Waals surface area contributed by atoms with Crippen LogP contribution in [0.15, 0.2) is 42.5 Å². The Morgan fingerprint density at radius 2 is 1.93 bits per heavy atom. The topological polar surface area (TPSA) is 70.2 Å².